The summed E-state index contributed by atoms with van der Waals surface area (Å²) in [6, 6.07) is 22.7. The molecular weight excluding hydrogens is 432 g/mol. The van der Waals surface area contributed by atoms with Gasteiger partial charge in [-0.05, 0) is 48.5 Å². The molecule has 1 aromatic heterocycles. The van der Waals surface area contributed by atoms with Crippen LogP contribution in [0.5, 0.6) is 0 Å². The molecule has 0 aliphatic carbocycles. The van der Waals surface area contributed by atoms with Crippen LogP contribution in [-0.2, 0) is 4.79 Å². The fourth-order valence-corrected chi connectivity index (χ4v) is 4.04. The van der Waals surface area contributed by atoms with Crippen molar-refractivity contribution in [3.8, 4) is 11.8 Å². The number of fused-ring (bicyclic) bond motifs is 1. The molecule has 0 saturated carbocycles. The number of thioether (sulfide) groups is 1. The molecule has 4 aromatic rings. The van der Waals surface area contributed by atoms with E-state index in [2.05, 4.69) is 10.3 Å². The first-order valence-electron chi connectivity index (χ1n) is 9.26. The number of hydrogen-bond donors (Lipinski definition) is 1. The van der Waals surface area contributed by atoms with Crippen LogP contribution in [0.2, 0.25) is 5.02 Å². The van der Waals surface area contributed by atoms with E-state index >= 15 is 0 Å². The molecule has 0 saturated heterocycles. The zero-order chi connectivity index (χ0) is 21.8. The molecule has 31 heavy (non-hydrogen) atoms. The Kier molecular flexibility index (Phi) is 6.03. The molecule has 1 heterocycles. The Labute approximate surface area is 187 Å². The van der Waals surface area contributed by atoms with Crippen LogP contribution < -0.4 is 10.9 Å². The lowest BCUT2D eigenvalue weighted by Gasteiger charge is -2.13. The number of anilines is 1. The second-order valence-corrected chi connectivity index (χ2v) is 7.94. The molecule has 8 heteroatoms. The quantitative estimate of drug-likeness (QED) is 0.356. The Balaban J connectivity index is 1.66. The summed E-state index contributed by atoms with van der Waals surface area (Å²) >= 11 is 7.28. The minimum Gasteiger partial charge on any atom is -0.325 e. The van der Waals surface area contributed by atoms with Crippen molar-refractivity contribution in [2.45, 2.75) is 5.16 Å². The highest BCUT2D eigenvalue weighted by molar-refractivity contribution is 7.99. The predicted octanol–water partition coefficient (Wildman–Crippen LogP) is 4.64. The Morgan fingerprint density at radius 3 is 2.71 bits per heavy atom. The lowest BCUT2D eigenvalue weighted by Crippen LogP contribution is -2.23. The third kappa shape index (κ3) is 4.61. The number of nitrogens with zero attached hydrogens (tertiary/aromatic N) is 3. The van der Waals surface area contributed by atoms with Gasteiger partial charge in [-0.25, -0.2) is 4.98 Å². The number of benzene rings is 3. The maximum atomic E-state index is 13.2. The van der Waals surface area contributed by atoms with Gasteiger partial charge in [-0.2, -0.15) is 5.26 Å². The summed E-state index contributed by atoms with van der Waals surface area (Å²) in [4.78, 5) is 30.3. The van der Waals surface area contributed by atoms with Gasteiger partial charge in [0.25, 0.3) is 5.56 Å². The Morgan fingerprint density at radius 1 is 1.10 bits per heavy atom. The average molecular weight is 447 g/mol. The van der Waals surface area contributed by atoms with Crippen LogP contribution in [0.3, 0.4) is 0 Å². The van der Waals surface area contributed by atoms with Crippen LogP contribution in [0.15, 0.2) is 82.7 Å². The van der Waals surface area contributed by atoms with Gasteiger partial charge < -0.3 is 5.32 Å². The average Bonchev–Trinajstić information content (AvgIpc) is 2.78. The van der Waals surface area contributed by atoms with E-state index in [0.29, 0.717) is 38.0 Å². The van der Waals surface area contributed by atoms with Crippen LogP contribution in [0.1, 0.15) is 5.56 Å². The van der Waals surface area contributed by atoms with Gasteiger partial charge in [0.1, 0.15) is 0 Å². The summed E-state index contributed by atoms with van der Waals surface area (Å²) in [5, 5.41) is 13.1. The molecule has 0 aliphatic heterocycles. The van der Waals surface area contributed by atoms with Gasteiger partial charge in [0.15, 0.2) is 5.16 Å². The monoisotopic (exact) mass is 446 g/mol. The molecule has 0 bridgehead atoms. The van der Waals surface area contributed by atoms with Gasteiger partial charge in [-0.15, -0.1) is 0 Å². The van der Waals surface area contributed by atoms with E-state index in [0.717, 1.165) is 11.8 Å². The van der Waals surface area contributed by atoms with Crippen LogP contribution in [0, 0.1) is 11.3 Å². The van der Waals surface area contributed by atoms with Crippen molar-refractivity contribution in [3.63, 3.8) is 0 Å². The molecule has 1 amide bonds. The van der Waals surface area contributed by atoms with E-state index in [1.54, 1.807) is 66.7 Å². The van der Waals surface area contributed by atoms with Crippen molar-refractivity contribution in [3.05, 3.63) is 93.7 Å². The van der Waals surface area contributed by atoms with Crippen molar-refractivity contribution < 1.29 is 4.79 Å². The lowest BCUT2D eigenvalue weighted by molar-refractivity contribution is -0.113. The number of para-hydroxylation sites is 1. The zero-order valence-electron chi connectivity index (χ0n) is 16.1. The number of carbonyl (C=O) groups excluding carboxylic acids is 1. The maximum Gasteiger partial charge on any atom is 0.266 e. The van der Waals surface area contributed by atoms with E-state index in [1.165, 1.54) is 4.57 Å². The highest BCUT2D eigenvalue weighted by Crippen LogP contribution is 2.23. The van der Waals surface area contributed by atoms with Crippen LogP contribution in [-0.4, -0.2) is 21.2 Å². The first kappa shape index (κ1) is 20.7. The molecule has 3 aromatic carbocycles. The molecular formula is C23H15ClN4O2S. The van der Waals surface area contributed by atoms with Crippen LogP contribution in [0.4, 0.5) is 5.69 Å². The lowest BCUT2D eigenvalue weighted by atomic mass is 10.2. The van der Waals surface area contributed by atoms with Crippen LogP contribution >= 0.6 is 23.4 Å². The van der Waals surface area contributed by atoms with Gasteiger partial charge in [-0.3, -0.25) is 14.2 Å². The first-order valence-corrected chi connectivity index (χ1v) is 10.6. The number of halogens is 1. The highest BCUT2D eigenvalue weighted by atomic mass is 35.5. The summed E-state index contributed by atoms with van der Waals surface area (Å²) in [5.41, 5.74) is 1.87. The second-order valence-electron chi connectivity index (χ2n) is 6.56. The molecule has 0 unspecified atom stereocenters. The van der Waals surface area contributed by atoms with E-state index in [4.69, 9.17) is 16.9 Å². The molecule has 0 aliphatic rings. The summed E-state index contributed by atoms with van der Waals surface area (Å²) in [6.45, 7) is 0. The van der Waals surface area contributed by atoms with Crippen molar-refractivity contribution in [1.82, 2.24) is 9.55 Å². The number of carbonyl (C=O) groups is 1. The molecule has 0 radical (unpaired) electrons. The van der Waals surface area contributed by atoms with Gasteiger partial charge in [-0.1, -0.05) is 47.6 Å². The SMILES string of the molecule is N#Cc1cccc(NC(=O)CSc2nc3ccccc3c(=O)n2-c2cccc(Cl)c2)c1. The number of rotatable bonds is 5. The molecule has 0 spiro atoms. The first-order chi connectivity index (χ1) is 15.0. The number of nitrogens with one attached hydrogen (secondary N) is 1. The van der Waals surface area contributed by atoms with E-state index in [9.17, 15) is 9.59 Å². The molecule has 0 fully saturated rings. The fraction of sp³-hybridized carbons (Fsp3) is 0.0435. The minimum absolute atomic E-state index is 0.0299. The molecule has 1 N–H and O–H groups in total. The third-order valence-corrected chi connectivity index (χ3v) is 5.59. The van der Waals surface area contributed by atoms with Gasteiger partial charge in [0, 0.05) is 10.7 Å². The normalized spacial score (nSPS) is 10.6. The zero-order valence-corrected chi connectivity index (χ0v) is 17.7. The van der Waals surface area contributed by atoms with Crippen LogP contribution in [0.25, 0.3) is 16.6 Å². The smallest absolute Gasteiger partial charge is 0.266 e. The Bertz CT molecular complexity index is 1390. The largest absolute Gasteiger partial charge is 0.325 e. The summed E-state index contributed by atoms with van der Waals surface area (Å²) in [6.07, 6.45) is 0. The number of aromatic nitrogens is 2. The number of nitriles is 1. The van der Waals surface area contributed by atoms with Crippen molar-refractivity contribution >= 4 is 45.9 Å². The topological polar surface area (TPSA) is 87.8 Å². The third-order valence-electron chi connectivity index (χ3n) is 4.42. The number of hydrogen-bond acceptors (Lipinski definition) is 5. The highest BCUT2D eigenvalue weighted by Gasteiger charge is 2.15. The maximum absolute atomic E-state index is 13.2. The summed E-state index contributed by atoms with van der Waals surface area (Å²) in [7, 11) is 0. The molecule has 6 nitrogen and oxygen atoms in total. The predicted molar refractivity (Wildman–Crippen MR) is 123 cm³/mol. The molecule has 152 valence electrons. The van der Waals surface area contributed by atoms with E-state index in [-0.39, 0.29) is 17.2 Å². The van der Waals surface area contributed by atoms with Gasteiger partial charge >= 0.3 is 0 Å². The fourth-order valence-electron chi connectivity index (χ4n) is 3.05. The molecule has 0 atom stereocenters. The second kappa shape index (κ2) is 9.04. The standard InChI is InChI=1S/C23H15ClN4O2S/c24-16-6-4-8-18(12-16)28-22(30)19-9-1-2-10-20(19)27-23(28)31-14-21(29)26-17-7-3-5-15(11-17)13-25/h1-12H,14H2,(H,26,29). The Morgan fingerprint density at radius 2 is 1.90 bits per heavy atom. The van der Waals surface area contributed by atoms with Gasteiger partial charge in [0.2, 0.25) is 5.91 Å². The Hall–Kier alpha value is -3.60. The minimum atomic E-state index is -0.278. The van der Waals surface area contributed by atoms with E-state index < -0.39 is 0 Å². The summed E-state index contributed by atoms with van der Waals surface area (Å²) < 4.78 is 1.46. The number of amides is 1. The molecule has 4 rings (SSSR count). The van der Waals surface area contributed by atoms with Crippen molar-refractivity contribution in [1.29, 1.82) is 5.26 Å². The van der Waals surface area contributed by atoms with Crippen molar-refractivity contribution in [2.75, 3.05) is 11.1 Å². The summed E-state index contributed by atoms with van der Waals surface area (Å²) in [5.74, 6) is -0.248. The van der Waals surface area contributed by atoms with E-state index in [1.807, 2.05) is 12.1 Å². The van der Waals surface area contributed by atoms with Crippen molar-refractivity contribution in [2.24, 2.45) is 0 Å². The van der Waals surface area contributed by atoms with Gasteiger partial charge in [0.05, 0.1) is 34.0 Å².